The molecule has 0 fully saturated rings. The van der Waals surface area contributed by atoms with Crippen LogP contribution in [0.15, 0.2) is 97.2 Å². The van der Waals surface area contributed by atoms with Crippen molar-refractivity contribution in [3.63, 3.8) is 0 Å². The zero-order valence-electron chi connectivity index (χ0n) is 42.3. The van der Waals surface area contributed by atoms with E-state index in [9.17, 15) is 19.8 Å². The van der Waals surface area contributed by atoms with Crippen molar-refractivity contribution in [1.29, 1.82) is 0 Å². The van der Waals surface area contributed by atoms with E-state index in [-0.39, 0.29) is 24.9 Å². The zero-order chi connectivity index (χ0) is 47.4. The molecule has 0 bridgehead atoms. The van der Waals surface area contributed by atoms with Crippen molar-refractivity contribution in [2.75, 3.05) is 6.61 Å². The Labute approximate surface area is 401 Å². The highest BCUT2D eigenvalue weighted by molar-refractivity contribution is 5.77. The summed E-state index contributed by atoms with van der Waals surface area (Å²) >= 11 is 0. The molecule has 6 nitrogen and oxygen atoms in total. The maximum absolute atomic E-state index is 13.2. The molecule has 0 heterocycles. The fourth-order valence-corrected chi connectivity index (χ4v) is 7.65. The van der Waals surface area contributed by atoms with Gasteiger partial charge in [-0.1, -0.05) is 221 Å². The number of carbonyl (C=O) groups excluding carboxylic acids is 2. The molecule has 3 atom stereocenters. The summed E-state index contributed by atoms with van der Waals surface area (Å²) < 4.78 is 5.92. The molecule has 0 saturated carbocycles. The average Bonchev–Trinajstić information content (AvgIpc) is 3.30. The van der Waals surface area contributed by atoms with Crippen molar-refractivity contribution in [2.24, 2.45) is 0 Å². The van der Waals surface area contributed by atoms with Crippen molar-refractivity contribution in [2.45, 2.75) is 257 Å². The Morgan fingerprint density at radius 3 is 1.26 bits per heavy atom. The Hall–Kier alpha value is -3.22. The number of amides is 1. The third kappa shape index (κ3) is 47.1. The lowest BCUT2D eigenvalue weighted by atomic mass is 10.0. The van der Waals surface area contributed by atoms with Gasteiger partial charge >= 0.3 is 5.97 Å². The molecule has 6 heteroatoms. The number of hydrogen-bond acceptors (Lipinski definition) is 5. The van der Waals surface area contributed by atoms with Crippen molar-refractivity contribution >= 4 is 11.9 Å². The molecule has 0 spiro atoms. The Bertz CT molecular complexity index is 1290. The summed E-state index contributed by atoms with van der Waals surface area (Å²) in [5.41, 5.74) is 0. The molecule has 65 heavy (non-hydrogen) atoms. The molecule has 0 aromatic carbocycles. The zero-order valence-corrected chi connectivity index (χ0v) is 42.3. The van der Waals surface area contributed by atoms with E-state index in [0.29, 0.717) is 19.3 Å². The molecule has 0 aromatic rings. The number of rotatable bonds is 47. The smallest absolute Gasteiger partial charge is 0.306 e. The number of unbranched alkanes of at least 4 members (excludes halogenated alkanes) is 19. The van der Waals surface area contributed by atoms with Crippen molar-refractivity contribution in [1.82, 2.24) is 5.32 Å². The molecular weight excluding hydrogens is 803 g/mol. The number of allylic oxidation sites excluding steroid dienone is 16. The highest BCUT2D eigenvalue weighted by Crippen LogP contribution is 2.17. The maximum atomic E-state index is 13.2. The van der Waals surface area contributed by atoms with Gasteiger partial charge in [0, 0.05) is 6.42 Å². The van der Waals surface area contributed by atoms with Gasteiger partial charge in [-0.3, -0.25) is 9.59 Å². The van der Waals surface area contributed by atoms with Gasteiger partial charge in [-0.05, 0) is 103 Å². The predicted molar refractivity (Wildman–Crippen MR) is 282 cm³/mol. The summed E-state index contributed by atoms with van der Waals surface area (Å²) in [4.78, 5) is 26.2. The minimum atomic E-state index is -0.805. The van der Waals surface area contributed by atoms with E-state index in [2.05, 4.69) is 123 Å². The van der Waals surface area contributed by atoms with Gasteiger partial charge in [0.05, 0.1) is 25.2 Å². The van der Waals surface area contributed by atoms with Crippen LogP contribution in [0.25, 0.3) is 0 Å². The topological polar surface area (TPSA) is 95.9 Å². The second-order valence-corrected chi connectivity index (χ2v) is 17.9. The minimum absolute atomic E-state index is 0.0439. The highest BCUT2D eigenvalue weighted by atomic mass is 16.5. The Morgan fingerprint density at radius 2 is 0.831 bits per heavy atom. The number of aliphatic hydroxyl groups excluding tert-OH is 2. The van der Waals surface area contributed by atoms with Crippen molar-refractivity contribution in [3.05, 3.63) is 97.2 Å². The van der Waals surface area contributed by atoms with Crippen LogP contribution in [0.3, 0.4) is 0 Å². The first-order chi connectivity index (χ1) is 32.0. The fraction of sp³-hybridized carbons (Fsp3) is 0.695. The third-order valence-corrected chi connectivity index (χ3v) is 11.7. The molecule has 0 aliphatic rings. The van der Waals surface area contributed by atoms with Gasteiger partial charge in [0.15, 0.2) is 0 Å². The molecule has 0 rings (SSSR count). The molecule has 0 radical (unpaired) electrons. The average molecular weight is 904 g/mol. The van der Waals surface area contributed by atoms with Crippen LogP contribution in [0.4, 0.5) is 0 Å². The number of carbonyl (C=O) groups is 2. The van der Waals surface area contributed by atoms with Crippen molar-refractivity contribution in [3.8, 4) is 0 Å². The summed E-state index contributed by atoms with van der Waals surface area (Å²) in [7, 11) is 0. The Kier molecular flexibility index (Phi) is 49.2. The summed E-state index contributed by atoms with van der Waals surface area (Å²) in [6.07, 6.45) is 68.9. The van der Waals surface area contributed by atoms with Gasteiger partial charge < -0.3 is 20.3 Å². The van der Waals surface area contributed by atoms with Crippen LogP contribution < -0.4 is 5.32 Å². The largest absolute Gasteiger partial charge is 0.462 e. The molecular formula is C59H101NO5. The molecule has 372 valence electrons. The Balaban J connectivity index is 4.67. The summed E-state index contributed by atoms with van der Waals surface area (Å²) in [5, 5.41) is 23.8. The van der Waals surface area contributed by atoms with Gasteiger partial charge in [-0.2, -0.15) is 0 Å². The van der Waals surface area contributed by atoms with Gasteiger partial charge in [0.25, 0.3) is 0 Å². The minimum Gasteiger partial charge on any atom is -0.462 e. The molecule has 0 aliphatic heterocycles. The quantitative estimate of drug-likeness (QED) is 0.0321. The van der Waals surface area contributed by atoms with Gasteiger partial charge in [0.2, 0.25) is 5.91 Å². The molecule has 0 saturated heterocycles. The molecule has 1 amide bonds. The predicted octanol–water partition coefficient (Wildman–Crippen LogP) is 16.5. The lowest BCUT2D eigenvalue weighted by Crippen LogP contribution is -2.46. The number of hydrogen-bond donors (Lipinski definition) is 3. The van der Waals surface area contributed by atoms with Crippen LogP contribution in [0.2, 0.25) is 0 Å². The van der Waals surface area contributed by atoms with E-state index in [4.69, 9.17) is 4.74 Å². The van der Waals surface area contributed by atoms with E-state index in [1.165, 1.54) is 64.2 Å². The van der Waals surface area contributed by atoms with E-state index in [1.54, 1.807) is 0 Å². The highest BCUT2D eigenvalue weighted by Gasteiger charge is 2.24. The van der Waals surface area contributed by atoms with Crippen LogP contribution in [-0.2, 0) is 14.3 Å². The SMILES string of the molecule is CC/C=C\C/C=C\C/C=C\C/C=C\C/C=C\CCCCCC(=O)OC(CCCCCC/C=C/C/C=C/C/C=C/CC)CC(=O)NC(CO)C(O)CCCCCCCCCCCCCCC. The summed E-state index contributed by atoms with van der Waals surface area (Å²) in [6, 6.07) is -0.722. The number of aliphatic hydroxyl groups is 2. The molecule has 0 aromatic heterocycles. The van der Waals surface area contributed by atoms with Crippen LogP contribution >= 0.6 is 0 Å². The maximum Gasteiger partial charge on any atom is 0.306 e. The number of ether oxygens (including phenoxy) is 1. The lowest BCUT2D eigenvalue weighted by Gasteiger charge is -2.24. The summed E-state index contributed by atoms with van der Waals surface area (Å²) in [6.45, 7) is 6.24. The van der Waals surface area contributed by atoms with Gasteiger partial charge in [0.1, 0.15) is 6.10 Å². The van der Waals surface area contributed by atoms with Gasteiger partial charge in [-0.15, -0.1) is 0 Å². The summed E-state index contributed by atoms with van der Waals surface area (Å²) in [5.74, 6) is -0.539. The lowest BCUT2D eigenvalue weighted by molar-refractivity contribution is -0.151. The second-order valence-electron chi connectivity index (χ2n) is 17.9. The van der Waals surface area contributed by atoms with Crippen molar-refractivity contribution < 1.29 is 24.5 Å². The normalized spacial score (nSPS) is 14.0. The monoisotopic (exact) mass is 904 g/mol. The standard InChI is InChI=1S/C59H101NO5/c1-4-7-10-13-16-19-22-25-27-28-29-30-31-34-37-40-43-46-49-52-59(64)65-55(50-47-44-41-38-35-33-26-23-20-17-14-11-8-5-2)53-58(63)60-56(54-61)57(62)51-48-45-42-39-36-32-24-21-18-15-12-9-6-3/h7-8,10-11,16-17,19-20,25-27,29-30,33-34,37,55-57,61-62H,4-6,9,12-15,18,21-24,28,31-32,35-36,38-54H2,1-3H3,(H,60,63)/b10-7-,11-8+,19-16-,20-17+,27-25-,30-29-,33-26+,37-34-. The van der Waals surface area contributed by atoms with Crippen LogP contribution in [0.1, 0.15) is 239 Å². The second kappa shape index (κ2) is 51.8. The molecule has 3 unspecified atom stereocenters. The molecule has 0 aliphatic carbocycles. The Morgan fingerprint density at radius 1 is 0.462 bits per heavy atom. The first-order valence-electron chi connectivity index (χ1n) is 27.0. The third-order valence-electron chi connectivity index (χ3n) is 11.7. The van der Waals surface area contributed by atoms with Crippen LogP contribution in [0, 0.1) is 0 Å². The fourth-order valence-electron chi connectivity index (χ4n) is 7.65. The first-order valence-corrected chi connectivity index (χ1v) is 27.0. The van der Waals surface area contributed by atoms with Crippen LogP contribution in [0.5, 0.6) is 0 Å². The number of esters is 1. The van der Waals surface area contributed by atoms with E-state index >= 15 is 0 Å². The van der Waals surface area contributed by atoms with E-state index in [1.807, 2.05) is 0 Å². The van der Waals surface area contributed by atoms with E-state index in [0.717, 1.165) is 128 Å². The van der Waals surface area contributed by atoms with Crippen LogP contribution in [-0.4, -0.2) is 46.9 Å². The molecule has 3 N–H and O–H groups in total. The first kappa shape index (κ1) is 61.8. The number of nitrogens with one attached hydrogen (secondary N) is 1. The van der Waals surface area contributed by atoms with E-state index < -0.39 is 18.2 Å². The van der Waals surface area contributed by atoms with Gasteiger partial charge in [-0.25, -0.2) is 0 Å².